The fourth-order valence-electron chi connectivity index (χ4n) is 3.54. The van der Waals surface area contributed by atoms with E-state index in [1.54, 1.807) is 4.90 Å². The second-order valence-electron chi connectivity index (χ2n) is 8.52. The SMILES string of the molecule is CC(C)CN(Cc1cccn1C)C(=O)CN(C(=O)c1cccc(C(F)(F)F)c1)C1CC1. The van der Waals surface area contributed by atoms with E-state index in [2.05, 4.69) is 0 Å². The van der Waals surface area contributed by atoms with E-state index in [1.807, 2.05) is 43.8 Å². The molecule has 2 aromatic rings. The van der Waals surface area contributed by atoms with E-state index in [-0.39, 0.29) is 30.0 Å². The molecule has 1 aliphatic rings. The third-order valence-electron chi connectivity index (χ3n) is 5.33. The number of halogens is 3. The fraction of sp³-hybridized carbons (Fsp3) is 0.478. The van der Waals surface area contributed by atoms with Gasteiger partial charge in [-0.2, -0.15) is 13.2 Å². The van der Waals surface area contributed by atoms with Crippen LogP contribution >= 0.6 is 0 Å². The highest BCUT2D eigenvalue weighted by Crippen LogP contribution is 2.32. The first-order chi connectivity index (χ1) is 14.6. The van der Waals surface area contributed by atoms with Gasteiger partial charge in [0.2, 0.25) is 5.91 Å². The first-order valence-corrected chi connectivity index (χ1v) is 10.4. The van der Waals surface area contributed by atoms with Gasteiger partial charge in [0.1, 0.15) is 6.54 Å². The quantitative estimate of drug-likeness (QED) is 0.620. The lowest BCUT2D eigenvalue weighted by Gasteiger charge is -2.29. The van der Waals surface area contributed by atoms with E-state index in [0.29, 0.717) is 13.1 Å². The number of aryl methyl sites for hydroxylation is 1. The summed E-state index contributed by atoms with van der Waals surface area (Å²) in [5, 5.41) is 0. The molecule has 31 heavy (non-hydrogen) atoms. The molecule has 1 fully saturated rings. The average molecular weight is 435 g/mol. The summed E-state index contributed by atoms with van der Waals surface area (Å²) in [6.45, 7) is 4.82. The van der Waals surface area contributed by atoms with Gasteiger partial charge >= 0.3 is 6.18 Å². The summed E-state index contributed by atoms with van der Waals surface area (Å²) >= 11 is 0. The zero-order chi connectivity index (χ0) is 22.8. The summed E-state index contributed by atoms with van der Waals surface area (Å²) in [5.41, 5.74) is 0.0501. The van der Waals surface area contributed by atoms with Crippen LogP contribution in [0.1, 0.15) is 48.3 Å². The number of hydrogen-bond donors (Lipinski definition) is 0. The molecule has 3 rings (SSSR count). The van der Waals surface area contributed by atoms with Crippen LogP contribution in [0.4, 0.5) is 13.2 Å². The fourth-order valence-corrected chi connectivity index (χ4v) is 3.54. The van der Waals surface area contributed by atoms with Gasteiger partial charge in [-0.05, 0) is 49.1 Å². The highest BCUT2D eigenvalue weighted by atomic mass is 19.4. The number of carbonyl (C=O) groups is 2. The summed E-state index contributed by atoms with van der Waals surface area (Å²) < 4.78 is 41.1. The molecule has 0 N–H and O–H groups in total. The highest BCUT2D eigenvalue weighted by molar-refractivity contribution is 5.97. The van der Waals surface area contributed by atoms with Crippen molar-refractivity contribution in [3.05, 3.63) is 59.4 Å². The van der Waals surface area contributed by atoms with Crippen molar-refractivity contribution in [2.75, 3.05) is 13.1 Å². The van der Waals surface area contributed by atoms with Crippen molar-refractivity contribution in [3.8, 4) is 0 Å². The number of rotatable bonds is 8. The lowest BCUT2D eigenvalue weighted by Crippen LogP contribution is -2.45. The van der Waals surface area contributed by atoms with Gasteiger partial charge in [-0.1, -0.05) is 19.9 Å². The Kier molecular flexibility index (Phi) is 6.77. The largest absolute Gasteiger partial charge is 0.416 e. The monoisotopic (exact) mass is 435 g/mol. The van der Waals surface area contributed by atoms with E-state index < -0.39 is 17.6 Å². The van der Waals surface area contributed by atoms with Crippen LogP contribution in [-0.2, 0) is 24.6 Å². The lowest BCUT2D eigenvalue weighted by atomic mass is 10.1. The van der Waals surface area contributed by atoms with Gasteiger partial charge in [0.05, 0.1) is 12.1 Å². The van der Waals surface area contributed by atoms with E-state index in [9.17, 15) is 22.8 Å². The van der Waals surface area contributed by atoms with Crippen molar-refractivity contribution in [3.63, 3.8) is 0 Å². The Balaban J connectivity index is 1.78. The van der Waals surface area contributed by atoms with Gasteiger partial charge in [0.25, 0.3) is 5.91 Å². The first kappa shape index (κ1) is 22.9. The normalized spacial score (nSPS) is 14.0. The number of aromatic nitrogens is 1. The molecule has 0 aliphatic heterocycles. The molecule has 1 aliphatic carbocycles. The Labute approximate surface area is 180 Å². The molecule has 2 amide bonds. The molecule has 1 saturated carbocycles. The van der Waals surface area contributed by atoms with Crippen molar-refractivity contribution in [1.82, 2.24) is 14.4 Å². The molecule has 1 aromatic heterocycles. The van der Waals surface area contributed by atoms with Crippen LogP contribution in [0.3, 0.4) is 0 Å². The maximum atomic E-state index is 13.2. The minimum atomic E-state index is -4.53. The van der Waals surface area contributed by atoms with E-state index >= 15 is 0 Å². The topological polar surface area (TPSA) is 45.6 Å². The third kappa shape index (κ3) is 5.89. The first-order valence-electron chi connectivity index (χ1n) is 10.4. The van der Waals surface area contributed by atoms with E-state index in [1.165, 1.54) is 17.0 Å². The summed E-state index contributed by atoms with van der Waals surface area (Å²) in [6.07, 6.45) is -1.12. The summed E-state index contributed by atoms with van der Waals surface area (Å²) in [5.74, 6) is -0.509. The molecule has 168 valence electrons. The maximum absolute atomic E-state index is 13.2. The summed E-state index contributed by atoms with van der Waals surface area (Å²) in [4.78, 5) is 29.3. The Morgan fingerprint density at radius 3 is 2.42 bits per heavy atom. The molecule has 0 radical (unpaired) electrons. The Bertz CT molecular complexity index is 932. The van der Waals surface area contributed by atoms with Gasteiger partial charge in [0, 0.05) is 37.1 Å². The van der Waals surface area contributed by atoms with Gasteiger partial charge in [-0.15, -0.1) is 0 Å². The molecule has 0 bridgehead atoms. The molecular weight excluding hydrogens is 407 g/mol. The standard InChI is InChI=1S/C23H28F3N3O2/c1-16(2)13-28(14-20-8-5-11-27(20)3)21(30)15-29(19-9-10-19)22(31)17-6-4-7-18(12-17)23(24,25)26/h4-8,11-12,16,19H,9-10,13-15H2,1-3H3. The van der Waals surface area contributed by atoms with Crippen LogP contribution in [-0.4, -0.2) is 45.3 Å². The van der Waals surface area contributed by atoms with Crippen LogP contribution in [0.5, 0.6) is 0 Å². The summed E-state index contributed by atoms with van der Waals surface area (Å²) in [6, 6.07) is 8.12. The molecule has 5 nitrogen and oxygen atoms in total. The van der Waals surface area contributed by atoms with Crippen LogP contribution in [0.2, 0.25) is 0 Å². The number of hydrogen-bond acceptors (Lipinski definition) is 2. The number of carbonyl (C=O) groups excluding carboxylic acids is 2. The third-order valence-corrected chi connectivity index (χ3v) is 5.33. The van der Waals surface area contributed by atoms with Gasteiger partial charge in [0.15, 0.2) is 0 Å². The zero-order valence-corrected chi connectivity index (χ0v) is 18.0. The molecular formula is C23H28F3N3O2. The molecule has 8 heteroatoms. The zero-order valence-electron chi connectivity index (χ0n) is 18.0. The van der Waals surface area contributed by atoms with Gasteiger partial charge in [-0.25, -0.2) is 0 Å². The lowest BCUT2D eigenvalue weighted by molar-refractivity contribution is -0.137. The Morgan fingerprint density at radius 2 is 1.87 bits per heavy atom. The minimum Gasteiger partial charge on any atom is -0.353 e. The molecule has 0 saturated heterocycles. The maximum Gasteiger partial charge on any atom is 0.416 e. The smallest absolute Gasteiger partial charge is 0.353 e. The second-order valence-corrected chi connectivity index (χ2v) is 8.52. The van der Waals surface area contributed by atoms with Crippen LogP contribution in [0.15, 0.2) is 42.6 Å². The molecule has 0 spiro atoms. The average Bonchev–Trinajstić information content (AvgIpc) is 3.46. The number of amides is 2. The number of benzene rings is 1. The number of nitrogens with zero attached hydrogens (tertiary/aromatic N) is 3. The van der Waals surface area contributed by atoms with Crippen molar-refractivity contribution < 1.29 is 22.8 Å². The van der Waals surface area contributed by atoms with E-state index in [0.717, 1.165) is 30.7 Å². The predicted molar refractivity (Wildman–Crippen MR) is 111 cm³/mol. The summed E-state index contributed by atoms with van der Waals surface area (Å²) in [7, 11) is 1.90. The van der Waals surface area contributed by atoms with Crippen LogP contribution in [0.25, 0.3) is 0 Å². The van der Waals surface area contributed by atoms with E-state index in [4.69, 9.17) is 0 Å². The van der Waals surface area contributed by atoms with Crippen LogP contribution < -0.4 is 0 Å². The van der Waals surface area contributed by atoms with Crippen LogP contribution in [0, 0.1) is 5.92 Å². The number of alkyl halides is 3. The van der Waals surface area contributed by atoms with Gasteiger partial charge < -0.3 is 14.4 Å². The highest BCUT2D eigenvalue weighted by Gasteiger charge is 2.37. The molecule has 0 atom stereocenters. The van der Waals surface area contributed by atoms with Crippen molar-refractivity contribution in [1.29, 1.82) is 0 Å². The van der Waals surface area contributed by atoms with Gasteiger partial charge in [-0.3, -0.25) is 9.59 Å². The molecule has 0 unspecified atom stereocenters. The Hall–Kier alpha value is -2.77. The minimum absolute atomic E-state index is 0.0487. The molecule has 1 heterocycles. The molecule has 1 aromatic carbocycles. The Morgan fingerprint density at radius 1 is 1.16 bits per heavy atom. The van der Waals surface area contributed by atoms with Crippen molar-refractivity contribution in [2.45, 2.75) is 45.5 Å². The van der Waals surface area contributed by atoms with Crippen molar-refractivity contribution >= 4 is 11.8 Å². The second kappa shape index (κ2) is 9.16. The predicted octanol–water partition coefficient (Wildman–Crippen LogP) is 4.33. The van der Waals surface area contributed by atoms with Crippen molar-refractivity contribution in [2.24, 2.45) is 13.0 Å².